The highest BCUT2D eigenvalue weighted by atomic mass is 32.2. The van der Waals surface area contributed by atoms with Gasteiger partial charge in [-0.1, -0.05) is 11.6 Å². The van der Waals surface area contributed by atoms with Gasteiger partial charge in [0, 0.05) is 11.7 Å². The molecular weight excluding hydrogens is 222 g/mol. The summed E-state index contributed by atoms with van der Waals surface area (Å²) in [6.07, 6.45) is 4.85. The minimum absolute atomic E-state index is 0.320. The van der Waals surface area contributed by atoms with E-state index in [4.69, 9.17) is 4.52 Å². The first-order valence-electron chi connectivity index (χ1n) is 6.08. The van der Waals surface area contributed by atoms with Gasteiger partial charge in [-0.3, -0.25) is 0 Å². The van der Waals surface area contributed by atoms with Gasteiger partial charge in [0.15, 0.2) is 5.82 Å². The van der Waals surface area contributed by atoms with Crippen molar-refractivity contribution in [2.24, 2.45) is 0 Å². The van der Waals surface area contributed by atoms with E-state index in [-0.39, 0.29) is 0 Å². The van der Waals surface area contributed by atoms with Crippen LogP contribution in [0.15, 0.2) is 4.52 Å². The lowest BCUT2D eigenvalue weighted by molar-refractivity contribution is 0.339. The maximum atomic E-state index is 5.39. The second-order valence-electron chi connectivity index (χ2n) is 4.55. The molecule has 1 N–H and O–H groups in total. The Kier molecular flexibility index (Phi) is 3.15. The van der Waals surface area contributed by atoms with Crippen molar-refractivity contribution in [3.05, 3.63) is 11.7 Å². The molecule has 2 fully saturated rings. The standard InChI is InChI=1S/C11H17N3OS/c1-2-5-12-9(3-1)10-13-11(15-14-10)8-4-6-16-7-8/h8-9,12H,1-7H2. The van der Waals surface area contributed by atoms with Gasteiger partial charge in [-0.25, -0.2) is 0 Å². The fourth-order valence-corrected chi connectivity index (χ4v) is 3.57. The number of hydrogen-bond acceptors (Lipinski definition) is 5. The maximum Gasteiger partial charge on any atom is 0.230 e. The van der Waals surface area contributed by atoms with Crippen molar-refractivity contribution >= 4 is 11.8 Å². The van der Waals surface area contributed by atoms with Gasteiger partial charge in [0.25, 0.3) is 0 Å². The molecule has 3 rings (SSSR count). The van der Waals surface area contributed by atoms with E-state index in [0.717, 1.165) is 30.4 Å². The monoisotopic (exact) mass is 239 g/mol. The number of rotatable bonds is 2. The Balaban J connectivity index is 1.71. The van der Waals surface area contributed by atoms with Crippen molar-refractivity contribution in [1.82, 2.24) is 15.5 Å². The lowest BCUT2D eigenvalue weighted by Crippen LogP contribution is -2.27. The smallest absolute Gasteiger partial charge is 0.230 e. The molecule has 0 bridgehead atoms. The molecule has 0 aromatic carbocycles. The fraction of sp³-hybridized carbons (Fsp3) is 0.818. The van der Waals surface area contributed by atoms with Crippen molar-refractivity contribution in [1.29, 1.82) is 0 Å². The Morgan fingerprint density at radius 1 is 1.31 bits per heavy atom. The number of nitrogens with zero attached hydrogens (tertiary/aromatic N) is 2. The Morgan fingerprint density at radius 3 is 3.06 bits per heavy atom. The van der Waals surface area contributed by atoms with Gasteiger partial charge in [-0.2, -0.15) is 16.7 Å². The van der Waals surface area contributed by atoms with E-state index in [1.807, 2.05) is 11.8 Å². The quantitative estimate of drug-likeness (QED) is 0.856. The molecule has 0 spiro atoms. The van der Waals surface area contributed by atoms with Crippen molar-refractivity contribution < 1.29 is 4.52 Å². The lowest BCUT2D eigenvalue weighted by Gasteiger charge is -2.19. The minimum atomic E-state index is 0.320. The van der Waals surface area contributed by atoms with Gasteiger partial charge in [0.1, 0.15) is 0 Å². The predicted molar refractivity (Wildman–Crippen MR) is 63.6 cm³/mol. The van der Waals surface area contributed by atoms with Crippen LogP contribution in [0.3, 0.4) is 0 Å². The zero-order valence-electron chi connectivity index (χ0n) is 9.32. The molecule has 3 heterocycles. The number of hydrogen-bond donors (Lipinski definition) is 1. The van der Waals surface area contributed by atoms with E-state index in [1.54, 1.807) is 0 Å². The zero-order chi connectivity index (χ0) is 10.8. The summed E-state index contributed by atoms with van der Waals surface area (Å²) in [5, 5.41) is 7.58. The van der Waals surface area contributed by atoms with Crippen LogP contribution in [0.2, 0.25) is 0 Å². The van der Waals surface area contributed by atoms with E-state index in [0.29, 0.717) is 12.0 Å². The largest absolute Gasteiger partial charge is 0.339 e. The zero-order valence-corrected chi connectivity index (χ0v) is 10.1. The molecule has 0 aliphatic carbocycles. The first-order valence-corrected chi connectivity index (χ1v) is 7.23. The molecule has 88 valence electrons. The summed E-state index contributed by atoms with van der Waals surface area (Å²) < 4.78 is 5.39. The van der Waals surface area contributed by atoms with E-state index in [2.05, 4.69) is 15.5 Å². The van der Waals surface area contributed by atoms with Crippen LogP contribution in [-0.4, -0.2) is 28.2 Å². The Morgan fingerprint density at radius 2 is 2.31 bits per heavy atom. The second kappa shape index (κ2) is 4.75. The van der Waals surface area contributed by atoms with Crippen LogP contribution < -0.4 is 5.32 Å². The van der Waals surface area contributed by atoms with Crippen LogP contribution in [0.1, 0.15) is 49.4 Å². The summed E-state index contributed by atoms with van der Waals surface area (Å²) in [4.78, 5) is 4.56. The topological polar surface area (TPSA) is 51.0 Å². The molecule has 2 aliphatic rings. The van der Waals surface area contributed by atoms with E-state index >= 15 is 0 Å². The average Bonchev–Trinajstić information content (AvgIpc) is 3.01. The van der Waals surface area contributed by atoms with Crippen LogP contribution in [0.25, 0.3) is 0 Å². The summed E-state index contributed by atoms with van der Waals surface area (Å²) in [6, 6.07) is 0.320. The number of piperidine rings is 1. The van der Waals surface area contributed by atoms with Crippen molar-refractivity contribution in [2.75, 3.05) is 18.1 Å². The molecule has 0 radical (unpaired) electrons. The Bertz CT molecular complexity index is 343. The molecule has 4 nitrogen and oxygen atoms in total. The molecule has 2 saturated heterocycles. The van der Waals surface area contributed by atoms with Gasteiger partial charge >= 0.3 is 0 Å². The molecule has 2 atom stereocenters. The average molecular weight is 239 g/mol. The van der Waals surface area contributed by atoms with Crippen LogP contribution in [-0.2, 0) is 0 Å². The molecular formula is C11H17N3OS. The predicted octanol–water partition coefficient (Wildman–Crippen LogP) is 2.10. The molecule has 2 aliphatic heterocycles. The first-order chi connectivity index (χ1) is 7.93. The molecule has 16 heavy (non-hydrogen) atoms. The molecule has 2 unspecified atom stereocenters. The van der Waals surface area contributed by atoms with Gasteiger partial charge in [-0.05, 0) is 31.6 Å². The molecule has 0 saturated carbocycles. The van der Waals surface area contributed by atoms with Gasteiger partial charge < -0.3 is 9.84 Å². The normalized spacial score (nSPS) is 30.8. The number of thioether (sulfide) groups is 1. The number of aromatic nitrogens is 2. The van der Waals surface area contributed by atoms with Gasteiger partial charge in [0.05, 0.1) is 6.04 Å². The van der Waals surface area contributed by atoms with E-state index in [9.17, 15) is 0 Å². The second-order valence-corrected chi connectivity index (χ2v) is 5.70. The van der Waals surface area contributed by atoms with E-state index in [1.165, 1.54) is 25.0 Å². The van der Waals surface area contributed by atoms with Gasteiger partial charge in [0.2, 0.25) is 5.89 Å². The SMILES string of the molecule is C1CCC(c2noc(C3CCSC3)n2)NC1. The molecule has 0 amide bonds. The summed E-state index contributed by atoms with van der Waals surface area (Å²) >= 11 is 1.98. The highest BCUT2D eigenvalue weighted by Gasteiger charge is 2.26. The van der Waals surface area contributed by atoms with Crippen LogP contribution in [0, 0.1) is 0 Å². The summed E-state index contributed by atoms with van der Waals surface area (Å²) in [7, 11) is 0. The lowest BCUT2D eigenvalue weighted by atomic mass is 10.0. The summed E-state index contributed by atoms with van der Waals surface area (Å²) in [5.41, 5.74) is 0. The van der Waals surface area contributed by atoms with Gasteiger partial charge in [-0.15, -0.1) is 0 Å². The fourth-order valence-electron chi connectivity index (χ4n) is 2.36. The van der Waals surface area contributed by atoms with E-state index < -0.39 is 0 Å². The molecule has 5 heteroatoms. The Hall–Kier alpha value is -0.550. The van der Waals surface area contributed by atoms with Crippen LogP contribution in [0.5, 0.6) is 0 Å². The Labute approximate surface area is 99.6 Å². The van der Waals surface area contributed by atoms with Crippen molar-refractivity contribution in [3.8, 4) is 0 Å². The third-order valence-corrected chi connectivity index (χ3v) is 4.52. The third kappa shape index (κ3) is 2.11. The van der Waals surface area contributed by atoms with Crippen LogP contribution in [0.4, 0.5) is 0 Å². The summed E-state index contributed by atoms with van der Waals surface area (Å²) in [6.45, 7) is 1.08. The minimum Gasteiger partial charge on any atom is -0.339 e. The summed E-state index contributed by atoms with van der Waals surface area (Å²) in [5.74, 6) is 4.58. The third-order valence-electron chi connectivity index (χ3n) is 3.36. The maximum absolute atomic E-state index is 5.39. The first kappa shape index (κ1) is 10.6. The van der Waals surface area contributed by atoms with Crippen LogP contribution >= 0.6 is 11.8 Å². The highest BCUT2D eigenvalue weighted by Crippen LogP contribution is 2.32. The van der Waals surface area contributed by atoms with Crippen molar-refractivity contribution in [2.45, 2.75) is 37.6 Å². The van der Waals surface area contributed by atoms with Crippen molar-refractivity contribution in [3.63, 3.8) is 0 Å². The number of nitrogens with one attached hydrogen (secondary N) is 1. The highest BCUT2D eigenvalue weighted by molar-refractivity contribution is 7.99. The molecule has 1 aromatic rings. The molecule has 1 aromatic heterocycles.